The van der Waals surface area contributed by atoms with Crippen molar-refractivity contribution in [2.45, 2.75) is 29.9 Å². The van der Waals surface area contributed by atoms with Crippen LogP contribution in [0.2, 0.25) is 0 Å². The zero-order valence-electron chi connectivity index (χ0n) is 21.1. The lowest BCUT2D eigenvalue weighted by Gasteiger charge is -2.15. The number of likely N-dealkylation sites (tertiary alicyclic amines) is 1. The molecule has 1 amide bonds. The van der Waals surface area contributed by atoms with Gasteiger partial charge in [0, 0.05) is 45.1 Å². The maximum Gasteiger partial charge on any atom is 0.248 e. The van der Waals surface area contributed by atoms with Crippen LogP contribution in [0.4, 0.5) is 17.2 Å². The fourth-order valence-electron chi connectivity index (χ4n) is 4.47. The molecule has 2 aromatic carbocycles. The molecule has 2 N–H and O–H groups in total. The molecule has 1 atom stereocenters. The lowest BCUT2D eigenvalue weighted by Crippen LogP contribution is -2.23. The molecule has 0 aliphatic carbocycles. The maximum absolute atomic E-state index is 12.6. The average molecular weight is 620 g/mol. The van der Waals surface area contributed by atoms with Gasteiger partial charge in [0.2, 0.25) is 5.91 Å². The van der Waals surface area contributed by atoms with Gasteiger partial charge in [-0.3, -0.25) is 14.7 Å². The van der Waals surface area contributed by atoms with Gasteiger partial charge in [0.1, 0.15) is 24.5 Å². The molecule has 3 heterocycles. The second kappa shape index (κ2) is 12.3. The lowest BCUT2D eigenvalue weighted by atomic mass is 10.1. The van der Waals surface area contributed by atoms with Crippen LogP contribution in [0.25, 0.3) is 10.9 Å². The number of rotatable bonds is 9. The topological polar surface area (TPSA) is 92.3 Å². The summed E-state index contributed by atoms with van der Waals surface area (Å²) in [6, 6.07) is 17.7. The highest BCUT2D eigenvalue weighted by Crippen LogP contribution is 2.30. The number of pyridine rings is 1. The van der Waals surface area contributed by atoms with Gasteiger partial charge >= 0.3 is 0 Å². The van der Waals surface area contributed by atoms with Gasteiger partial charge in [-0.15, -0.1) is 0 Å². The van der Waals surface area contributed by atoms with Crippen LogP contribution in [-0.4, -0.2) is 45.4 Å². The third kappa shape index (κ3) is 6.46. The fraction of sp³-hybridized carbons (Fsp3) is 0.241. The first-order chi connectivity index (χ1) is 18.6. The molecule has 1 fully saturated rings. The first-order valence-corrected chi connectivity index (χ1v) is 14.0. The maximum atomic E-state index is 12.6. The standard InChI is InChI=1S/C29H29IN6O2/c1-36-14-4-6-24(36)9-12-28(37)34-22-7-10-26-25(16-22)29(33-19-32-26)35-21-8-11-27(20(15-21)17-30)38-18-23-5-2-3-13-31-23/h2-3,5,7-13,15-16,19,24H,4,6,14,17-18H2,1H3,(H,34,37)(H,32,33,35)/b12-9+. The number of nitrogens with zero attached hydrogens (tertiary/aromatic N) is 4. The number of nitrogens with one attached hydrogen (secondary N) is 2. The molecule has 9 heteroatoms. The van der Waals surface area contributed by atoms with Gasteiger partial charge in [-0.05, 0) is 75.0 Å². The zero-order chi connectivity index (χ0) is 26.3. The first-order valence-electron chi connectivity index (χ1n) is 12.5. The number of anilines is 3. The molecule has 1 unspecified atom stereocenters. The minimum absolute atomic E-state index is 0.149. The van der Waals surface area contributed by atoms with Gasteiger partial charge in [-0.2, -0.15) is 0 Å². The van der Waals surface area contributed by atoms with E-state index in [4.69, 9.17) is 4.74 Å². The van der Waals surface area contributed by atoms with Gasteiger partial charge in [-0.25, -0.2) is 9.97 Å². The van der Waals surface area contributed by atoms with E-state index in [1.54, 1.807) is 12.3 Å². The molecular formula is C29H29IN6O2. The summed E-state index contributed by atoms with van der Waals surface area (Å²) < 4.78 is 6.82. The molecule has 0 bridgehead atoms. The van der Waals surface area contributed by atoms with Crippen molar-refractivity contribution >= 4 is 56.6 Å². The van der Waals surface area contributed by atoms with Crippen LogP contribution >= 0.6 is 22.6 Å². The number of benzene rings is 2. The zero-order valence-corrected chi connectivity index (χ0v) is 23.3. The predicted octanol–water partition coefficient (Wildman–Crippen LogP) is 5.87. The van der Waals surface area contributed by atoms with E-state index in [1.165, 1.54) is 6.33 Å². The van der Waals surface area contributed by atoms with Crippen LogP contribution in [0.15, 0.2) is 79.3 Å². The minimum Gasteiger partial charge on any atom is -0.487 e. The quantitative estimate of drug-likeness (QED) is 0.137. The van der Waals surface area contributed by atoms with Crippen LogP contribution in [-0.2, 0) is 15.8 Å². The van der Waals surface area contributed by atoms with Crippen molar-refractivity contribution in [2.24, 2.45) is 0 Å². The van der Waals surface area contributed by atoms with E-state index in [0.717, 1.165) is 57.4 Å². The Bertz CT molecular complexity index is 1450. The molecule has 0 spiro atoms. The highest BCUT2D eigenvalue weighted by molar-refractivity contribution is 14.1. The molecule has 5 rings (SSSR count). The second-order valence-electron chi connectivity index (χ2n) is 9.18. The molecule has 38 heavy (non-hydrogen) atoms. The molecule has 1 aliphatic heterocycles. The van der Waals surface area contributed by atoms with Gasteiger partial charge in [0.05, 0.1) is 11.2 Å². The number of alkyl halides is 1. The van der Waals surface area contributed by atoms with Gasteiger partial charge in [0.15, 0.2) is 0 Å². The van der Waals surface area contributed by atoms with Crippen LogP contribution < -0.4 is 15.4 Å². The largest absolute Gasteiger partial charge is 0.487 e. The summed E-state index contributed by atoms with van der Waals surface area (Å²) in [7, 11) is 2.09. The summed E-state index contributed by atoms with van der Waals surface area (Å²) in [5.74, 6) is 1.34. The SMILES string of the molecule is CN1CCCC1/C=C/C(=O)Nc1ccc2ncnc(Nc3ccc(OCc4ccccn4)c(CI)c3)c2c1. The monoisotopic (exact) mass is 620 g/mol. The normalized spacial score (nSPS) is 15.7. The van der Waals surface area contributed by atoms with Gasteiger partial charge in [0.25, 0.3) is 0 Å². The molecule has 194 valence electrons. The molecule has 0 radical (unpaired) electrons. The Hall–Kier alpha value is -3.57. The van der Waals surface area contributed by atoms with E-state index in [1.807, 2.05) is 54.6 Å². The summed E-state index contributed by atoms with van der Waals surface area (Å²) in [5, 5.41) is 7.20. The number of hydrogen-bond donors (Lipinski definition) is 2. The highest BCUT2D eigenvalue weighted by Gasteiger charge is 2.18. The Balaban J connectivity index is 1.30. The minimum atomic E-state index is -0.149. The number of halogens is 1. The van der Waals surface area contributed by atoms with Crippen molar-refractivity contribution in [3.05, 3.63) is 90.5 Å². The van der Waals surface area contributed by atoms with Crippen molar-refractivity contribution in [3.63, 3.8) is 0 Å². The molecular weight excluding hydrogens is 591 g/mol. The average Bonchev–Trinajstić information content (AvgIpc) is 3.36. The third-order valence-electron chi connectivity index (χ3n) is 6.52. The molecule has 1 aliphatic rings. The molecule has 1 saturated heterocycles. The van der Waals surface area contributed by atoms with Crippen molar-refractivity contribution in [3.8, 4) is 5.75 Å². The molecule has 2 aromatic heterocycles. The summed E-state index contributed by atoms with van der Waals surface area (Å²) in [6.45, 7) is 1.48. The van der Waals surface area contributed by atoms with Crippen molar-refractivity contribution in [2.75, 3.05) is 24.2 Å². The highest BCUT2D eigenvalue weighted by atomic mass is 127. The van der Waals surface area contributed by atoms with Crippen LogP contribution in [0, 0.1) is 0 Å². The van der Waals surface area contributed by atoms with Crippen molar-refractivity contribution < 1.29 is 9.53 Å². The van der Waals surface area contributed by atoms with E-state index in [2.05, 4.69) is 66.2 Å². The van der Waals surface area contributed by atoms with Crippen LogP contribution in [0.5, 0.6) is 5.75 Å². The number of fused-ring (bicyclic) bond motifs is 1. The van der Waals surface area contributed by atoms with Crippen molar-refractivity contribution in [1.29, 1.82) is 0 Å². The summed E-state index contributed by atoms with van der Waals surface area (Å²) in [5.41, 5.74) is 4.31. The van der Waals surface area contributed by atoms with E-state index in [0.29, 0.717) is 24.2 Å². The van der Waals surface area contributed by atoms with Gasteiger partial charge < -0.3 is 15.4 Å². The number of hydrogen-bond acceptors (Lipinski definition) is 7. The van der Waals surface area contributed by atoms with E-state index < -0.39 is 0 Å². The van der Waals surface area contributed by atoms with Crippen LogP contribution in [0.1, 0.15) is 24.1 Å². The number of ether oxygens (including phenoxy) is 1. The molecule has 4 aromatic rings. The van der Waals surface area contributed by atoms with Crippen molar-refractivity contribution in [1.82, 2.24) is 19.9 Å². The molecule has 8 nitrogen and oxygen atoms in total. The number of amides is 1. The Kier molecular flexibility index (Phi) is 8.44. The predicted molar refractivity (Wildman–Crippen MR) is 159 cm³/mol. The second-order valence-corrected chi connectivity index (χ2v) is 9.95. The number of likely N-dealkylation sites (N-methyl/N-ethyl adjacent to an activating group) is 1. The van der Waals surface area contributed by atoms with Crippen LogP contribution in [0.3, 0.4) is 0 Å². The first kappa shape index (κ1) is 26.1. The fourth-order valence-corrected chi connectivity index (χ4v) is 5.07. The lowest BCUT2D eigenvalue weighted by molar-refractivity contribution is -0.111. The van der Waals surface area contributed by atoms with E-state index >= 15 is 0 Å². The smallest absolute Gasteiger partial charge is 0.248 e. The number of carbonyl (C=O) groups excluding carboxylic acids is 1. The molecule has 0 saturated carbocycles. The summed E-state index contributed by atoms with van der Waals surface area (Å²) >= 11 is 2.33. The summed E-state index contributed by atoms with van der Waals surface area (Å²) in [6.07, 6.45) is 9.15. The Morgan fingerprint density at radius 3 is 2.82 bits per heavy atom. The Morgan fingerprint density at radius 1 is 1.13 bits per heavy atom. The Labute approximate surface area is 235 Å². The van der Waals surface area contributed by atoms with E-state index in [-0.39, 0.29) is 5.91 Å². The summed E-state index contributed by atoms with van der Waals surface area (Å²) in [4.78, 5) is 28.0. The number of aromatic nitrogens is 3. The van der Waals surface area contributed by atoms with E-state index in [9.17, 15) is 4.79 Å². The third-order valence-corrected chi connectivity index (χ3v) is 7.34. The Morgan fingerprint density at radius 2 is 2.03 bits per heavy atom. The number of carbonyl (C=O) groups is 1. The van der Waals surface area contributed by atoms with Gasteiger partial charge in [-0.1, -0.05) is 34.7 Å².